The van der Waals surface area contributed by atoms with Crippen LogP contribution in [0.15, 0.2) is 59.5 Å². The van der Waals surface area contributed by atoms with Gasteiger partial charge in [0.05, 0.1) is 26.0 Å². The molecule has 1 aromatic heterocycles. The molecule has 2 amide bonds. The van der Waals surface area contributed by atoms with Crippen LogP contribution in [0.1, 0.15) is 0 Å². The molecule has 8 heteroatoms. The van der Waals surface area contributed by atoms with Gasteiger partial charge < -0.3 is 24.5 Å². The summed E-state index contributed by atoms with van der Waals surface area (Å²) in [5, 5.41) is 5.04. The summed E-state index contributed by atoms with van der Waals surface area (Å²) in [5.41, 5.74) is 1.53. The SMILES string of the molecule is COc1cccc(NC(=O)C(=O)Nc2ccc(-c3cnco3)c(OC)c2)c1. The van der Waals surface area contributed by atoms with E-state index in [1.54, 1.807) is 48.7 Å². The zero-order valence-electron chi connectivity index (χ0n) is 14.7. The van der Waals surface area contributed by atoms with E-state index in [0.717, 1.165) is 0 Å². The minimum Gasteiger partial charge on any atom is -0.497 e. The van der Waals surface area contributed by atoms with Crippen LogP contribution in [0.3, 0.4) is 0 Å². The van der Waals surface area contributed by atoms with E-state index in [9.17, 15) is 9.59 Å². The summed E-state index contributed by atoms with van der Waals surface area (Å²) in [6.07, 6.45) is 2.87. The first-order valence-corrected chi connectivity index (χ1v) is 7.94. The first-order valence-electron chi connectivity index (χ1n) is 7.94. The standard InChI is InChI=1S/C19H17N3O5/c1-25-14-5-3-4-12(8-14)21-18(23)19(24)22-13-6-7-15(16(9-13)26-2)17-10-20-11-27-17/h3-11H,1-2H3,(H,21,23)(H,22,24). The Morgan fingerprint density at radius 1 is 0.963 bits per heavy atom. The van der Waals surface area contributed by atoms with Gasteiger partial charge in [-0.15, -0.1) is 0 Å². The van der Waals surface area contributed by atoms with Crippen molar-refractivity contribution in [3.05, 3.63) is 55.1 Å². The zero-order chi connectivity index (χ0) is 19.2. The van der Waals surface area contributed by atoms with Crippen molar-refractivity contribution < 1.29 is 23.5 Å². The average molecular weight is 367 g/mol. The highest BCUT2D eigenvalue weighted by Gasteiger charge is 2.16. The van der Waals surface area contributed by atoms with Crippen molar-refractivity contribution in [2.45, 2.75) is 0 Å². The number of methoxy groups -OCH3 is 2. The minimum absolute atomic E-state index is 0.404. The van der Waals surface area contributed by atoms with Gasteiger partial charge in [-0.05, 0) is 24.3 Å². The van der Waals surface area contributed by atoms with Crippen LogP contribution in [-0.4, -0.2) is 31.0 Å². The summed E-state index contributed by atoms with van der Waals surface area (Å²) in [5.74, 6) is -0.0481. The Kier molecular flexibility index (Phi) is 5.36. The molecular formula is C19H17N3O5. The van der Waals surface area contributed by atoms with Gasteiger partial charge in [-0.2, -0.15) is 0 Å². The van der Waals surface area contributed by atoms with Gasteiger partial charge in [-0.1, -0.05) is 6.07 Å². The molecule has 1 heterocycles. The predicted molar refractivity (Wildman–Crippen MR) is 98.7 cm³/mol. The second-order valence-corrected chi connectivity index (χ2v) is 5.42. The van der Waals surface area contributed by atoms with Gasteiger partial charge in [0.2, 0.25) is 0 Å². The smallest absolute Gasteiger partial charge is 0.314 e. The van der Waals surface area contributed by atoms with Gasteiger partial charge in [0.1, 0.15) is 11.5 Å². The molecule has 0 radical (unpaired) electrons. The van der Waals surface area contributed by atoms with E-state index in [2.05, 4.69) is 15.6 Å². The van der Waals surface area contributed by atoms with E-state index in [1.807, 2.05) is 0 Å². The number of nitrogens with one attached hydrogen (secondary N) is 2. The largest absolute Gasteiger partial charge is 0.497 e. The van der Waals surface area contributed by atoms with E-state index in [1.165, 1.54) is 20.6 Å². The zero-order valence-corrected chi connectivity index (χ0v) is 14.7. The summed E-state index contributed by atoms with van der Waals surface area (Å²) in [6.45, 7) is 0. The number of benzene rings is 2. The lowest BCUT2D eigenvalue weighted by Gasteiger charge is -2.10. The van der Waals surface area contributed by atoms with Crippen molar-refractivity contribution in [1.29, 1.82) is 0 Å². The summed E-state index contributed by atoms with van der Waals surface area (Å²) < 4.78 is 15.7. The highest BCUT2D eigenvalue weighted by Crippen LogP contribution is 2.32. The number of oxazole rings is 1. The Morgan fingerprint density at radius 2 is 1.70 bits per heavy atom. The molecule has 2 aromatic carbocycles. The van der Waals surface area contributed by atoms with Gasteiger partial charge in [0.15, 0.2) is 12.2 Å². The quantitative estimate of drug-likeness (QED) is 0.672. The molecule has 3 aromatic rings. The average Bonchev–Trinajstić information content (AvgIpc) is 3.22. The number of carbonyl (C=O) groups excluding carboxylic acids is 2. The molecule has 0 unspecified atom stereocenters. The van der Waals surface area contributed by atoms with Gasteiger partial charge in [-0.3, -0.25) is 9.59 Å². The molecule has 0 atom stereocenters. The summed E-state index contributed by atoms with van der Waals surface area (Å²) in [4.78, 5) is 28.1. The molecule has 27 heavy (non-hydrogen) atoms. The van der Waals surface area contributed by atoms with Gasteiger partial charge in [-0.25, -0.2) is 4.98 Å². The maximum atomic E-state index is 12.2. The van der Waals surface area contributed by atoms with Crippen LogP contribution in [0, 0.1) is 0 Å². The third-order valence-electron chi connectivity index (χ3n) is 3.69. The van der Waals surface area contributed by atoms with Crippen molar-refractivity contribution in [3.63, 3.8) is 0 Å². The number of amides is 2. The first kappa shape index (κ1) is 18.0. The van der Waals surface area contributed by atoms with Crippen LogP contribution in [0.4, 0.5) is 11.4 Å². The molecule has 3 rings (SSSR count). The number of aromatic nitrogens is 1. The number of nitrogens with zero attached hydrogens (tertiary/aromatic N) is 1. The van der Waals surface area contributed by atoms with Gasteiger partial charge in [0, 0.05) is 23.5 Å². The number of anilines is 2. The second kappa shape index (κ2) is 8.05. The molecular weight excluding hydrogens is 350 g/mol. The molecule has 0 aliphatic heterocycles. The molecule has 0 fully saturated rings. The highest BCUT2D eigenvalue weighted by atomic mass is 16.5. The van der Waals surface area contributed by atoms with Crippen LogP contribution in [0.2, 0.25) is 0 Å². The van der Waals surface area contributed by atoms with Crippen molar-refractivity contribution in [2.75, 3.05) is 24.9 Å². The van der Waals surface area contributed by atoms with E-state index in [-0.39, 0.29) is 0 Å². The van der Waals surface area contributed by atoms with Crippen molar-refractivity contribution in [3.8, 4) is 22.8 Å². The van der Waals surface area contributed by atoms with Gasteiger partial charge in [0.25, 0.3) is 0 Å². The summed E-state index contributed by atoms with van der Waals surface area (Å²) >= 11 is 0. The molecule has 0 aliphatic rings. The molecule has 0 spiro atoms. The maximum absolute atomic E-state index is 12.2. The predicted octanol–water partition coefficient (Wildman–Crippen LogP) is 2.94. The third kappa shape index (κ3) is 4.24. The summed E-state index contributed by atoms with van der Waals surface area (Å²) in [7, 11) is 3.01. The fourth-order valence-electron chi connectivity index (χ4n) is 2.40. The summed E-state index contributed by atoms with van der Waals surface area (Å²) in [6, 6.07) is 11.6. The lowest BCUT2D eigenvalue weighted by Crippen LogP contribution is -2.29. The molecule has 0 saturated carbocycles. The number of hydrogen-bond acceptors (Lipinski definition) is 6. The Hall–Kier alpha value is -3.81. The number of hydrogen-bond donors (Lipinski definition) is 2. The third-order valence-corrected chi connectivity index (χ3v) is 3.69. The maximum Gasteiger partial charge on any atom is 0.314 e. The van der Waals surface area contributed by atoms with Crippen molar-refractivity contribution >= 4 is 23.2 Å². The number of carbonyl (C=O) groups is 2. The minimum atomic E-state index is -0.813. The normalized spacial score (nSPS) is 10.1. The van der Waals surface area contributed by atoms with E-state index < -0.39 is 11.8 Å². The van der Waals surface area contributed by atoms with E-state index >= 15 is 0 Å². The van der Waals surface area contributed by atoms with Crippen LogP contribution in [0.25, 0.3) is 11.3 Å². The van der Waals surface area contributed by atoms with Crippen molar-refractivity contribution in [1.82, 2.24) is 4.98 Å². The van der Waals surface area contributed by atoms with Gasteiger partial charge >= 0.3 is 11.8 Å². The molecule has 8 nitrogen and oxygen atoms in total. The lowest BCUT2D eigenvalue weighted by atomic mass is 10.1. The number of ether oxygens (including phenoxy) is 2. The van der Waals surface area contributed by atoms with Crippen molar-refractivity contribution in [2.24, 2.45) is 0 Å². The fraction of sp³-hybridized carbons (Fsp3) is 0.105. The topological polar surface area (TPSA) is 103 Å². The Balaban J connectivity index is 1.70. The Labute approximate surface area is 155 Å². The van der Waals surface area contributed by atoms with Crippen LogP contribution in [-0.2, 0) is 9.59 Å². The monoisotopic (exact) mass is 367 g/mol. The molecule has 138 valence electrons. The molecule has 0 bridgehead atoms. The van der Waals surface area contributed by atoms with E-state index in [4.69, 9.17) is 13.9 Å². The first-order chi connectivity index (χ1) is 13.1. The molecule has 2 N–H and O–H groups in total. The lowest BCUT2D eigenvalue weighted by molar-refractivity contribution is -0.133. The number of rotatable bonds is 5. The highest BCUT2D eigenvalue weighted by molar-refractivity contribution is 6.43. The van der Waals surface area contributed by atoms with Crippen LogP contribution >= 0.6 is 0 Å². The van der Waals surface area contributed by atoms with Crippen LogP contribution in [0.5, 0.6) is 11.5 Å². The second-order valence-electron chi connectivity index (χ2n) is 5.42. The molecule has 0 aliphatic carbocycles. The molecule has 0 saturated heterocycles. The Bertz CT molecular complexity index is 954. The fourth-order valence-corrected chi connectivity index (χ4v) is 2.40. The van der Waals surface area contributed by atoms with Crippen LogP contribution < -0.4 is 20.1 Å². The Morgan fingerprint density at radius 3 is 2.33 bits per heavy atom. The van der Waals surface area contributed by atoms with E-state index in [0.29, 0.717) is 34.2 Å².